The van der Waals surface area contributed by atoms with Crippen molar-refractivity contribution in [3.8, 4) is 0 Å². The Morgan fingerprint density at radius 1 is 1.62 bits per heavy atom. The minimum Gasteiger partial charge on any atom is -0.455 e. The van der Waals surface area contributed by atoms with Crippen molar-refractivity contribution in [2.45, 2.75) is 39.2 Å². The lowest BCUT2D eigenvalue weighted by atomic mass is 10.2. The summed E-state index contributed by atoms with van der Waals surface area (Å²) in [5.74, 6) is -0.194. The molecule has 0 spiro atoms. The predicted molar refractivity (Wildman–Crippen MR) is 52.3 cm³/mol. The average Bonchev–Trinajstić information content (AvgIpc) is 2.39. The third-order valence-electron chi connectivity index (χ3n) is 1.96. The van der Waals surface area contributed by atoms with Crippen molar-refractivity contribution in [1.29, 1.82) is 0 Å². The number of cyclic esters (lactones) is 1. The summed E-state index contributed by atoms with van der Waals surface area (Å²) in [5.41, 5.74) is 0.698. The number of rotatable bonds is 4. The number of unbranched alkanes of at least 4 members (excludes halogenated alkanes) is 2. The van der Waals surface area contributed by atoms with E-state index in [9.17, 15) is 4.79 Å². The van der Waals surface area contributed by atoms with Crippen LogP contribution in [0.2, 0.25) is 0 Å². The second-order valence-corrected chi connectivity index (χ2v) is 3.28. The molecular weight excluding hydrogens is 164 g/mol. The first-order valence-electron chi connectivity index (χ1n) is 4.83. The van der Waals surface area contributed by atoms with E-state index in [0.717, 1.165) is 6.42 Å². The van der Waals surface area contributed by atoms with Crippen molar-refractivity contribution >= 4 is 5.97 Å². The molecule has 1 atom stereocenters. The van der Waals surface area contributed by atoms with Crippen molar-refractivity contribution in [3.05, 3.63) is 23.8 Å². The van der Waals surface area contributed by atoms with Crippen LogP contribution in [0.1, 0.15) is 33.1 Å². The topological polar surface area (TPSA) is 26.3 Å². The SMILES string of the molecule is CCCC/C=C\C1=CC(C)OC1=O. The Kier molecular flexibility index (Phi) is 3.74. The molecular formula is C11H16O2. The Labute approximate surface area is 79.3 Å². The Hall–Kier alpha value is -1.05. The molecule has 0 N–H and O–H groups in total. The third-order valence-corrected chi connectivity index (χ3v) is 1.96. The monoisotopic (exact) mass is 180 g/mol. The van der Waals surface area contributed by atoms with E-state index >= 15 is 0 Å². The number of esters is 1. The summed E-state index contributed by atoms with van der Waals surface area (Å²) >= 11 is 0. The second kappa shape index (κ2) is 4.85. The molecule has 0 aromatic heterocycles. The maximum absolute atomic E-state index is 11.1. The lowest BCUT2D eigenvalue weighted by molar-refractivity contribution is -0.138. The van der Waals surface area contributed by atoms with Crippen LogP contribution in [0.3, 0.4) is 0 Å². The molecule has 0 bridgehead atoms. The molecule has 0 amide bonds. The summed E-state index contributed by atoms with van der Waals surface area (Å²) in [7, 11) is 0. The van der Waals surface area contributed by atoms with Gasteiger partial charge in [-0.3, -0.25) is 0 Å². The highest BCUT2D eigenvalue weighted by molar-refractivity contribution is 5.93. The van der Waals surface area contributed by atoms with Gasteiger partial charge in [0.15, 0.2) is 0 Å². The van der Waals surface area contributed by atoms with Gasteiger partial charge in [-0.2, -0.15) is 0 Å². The summed E-state index contributed by atoms with van der Waals surface area (Å²) in [5, 5.41) is 0. The quantitative estimate of drug-likeness (QED) is 0.491. The highest BCUT2D eigenvalue weighted by atomic mass is 16.5. The molecule has 0 saturated heterocycles. The van der Waals surface area contributed by atoms with Crippen molar-refractivity contribution < 1.29 is 9.53 Å². The molecule has 2 heteroatoms. The molecule has 1 aliphatic heterocycles. The van der Waals surface area contributed by atoms with Gasteiger partial charge < -0.3 is 4.74 Å². The van der Waals surface area contributed by atoms with Crippen molar-refractivity contribution in [3.63, 3.8) is 0 Å². The largest absolute Gasteiger partial charge is 0.455 e. The predicted octanol–water partition coefficient (Wildman–Crippen LogP) is 2.60. The van der Waals surface area contributed by atoms with Gasteiger partial charge in [-0.05, 0) is 19.4 Å². The van der Waals surface area contributed by atoms with Gasteiger partial charge in [-0.25, -0.2) is 4.79 Å². The van der Waals surface area contributed by atoms with Gasteiger partial charge in [-0.1, -0.05) is 31.9 Å². The molecule has 0 aromatic carbocycles. The van der Waals surface area contributed by atoms with Gasteiger partial charge in [0.25, 0.3) is 0 Å². The molecule has 1 unspecified atom stereocenters. The van der Waals surface area contributed by atoms with E-state index in [4.69, 9.17) is 4.74 Å². The molecule has 0 aliphatic carbocycles. The summed E-state index contributed by atoms with van der Waals surface area (Å²) < 4.78 is 4.95. The fourth-order valence-electron chi connectivity index (χ4n) is 1.25. The Morgan fingerprint density at radius 2 is 2.38 bits per heavy atom. The van der Waals surface area contributed by atoms with E-state index in [1.165, 1.54) is 12.8 Å². The van der Waals surface area contributed by atoms with E-state index in [-0.39, 0.29) is 12.1 Å². The van der Waals surface area contributed by atoms with Crippen LogP contribution in [0.25, 0.3) is 0 Å². The Bertz CT molecular complexity index is 238. The number of carbonyl (C=O) groups is 1. The second-order valence-electron chi connectivity index (χ2n) is 3.28. The molecule has 2 nitrogen and oxygen atoms in total. The van der Waals surface area contributed by atoms with E-state index in [1.54, 1.807) is 0 Å². The van der Waals surface area contributed by atoms with Crippen LogP contribution < -0.4 is 0 Å². The van der Waals surface area contributed by atoms with E-state index in [1.807, 2.05) is 25.2 Å². The van der Waals surface area contributed by atoms with Gasteiger partial charge in [0.2, 0.25) is 0 Å². The van der Waals surface area contributed by atoms with Crippen molar-refractivity contribution in [2.24, 2.45) is 0 Å². The molecule has 13 heavy (non-hydrogen) atoms. The van der Waals surface area contributed by atoms with E-state index in [2.05, 4.69) is 6.92 Å². The first-order valence-corrected chi connectivity index (χ1v) is 4.83. The molecule has 1 aliphatic rings. The van der Waals surface area contributed by atoms with Crippen LogP contribution in [-0.4, -0.2) is 12.1 Å². The smallest absolute Gasteiger partial charge is 0.338 e. The number of carbonyl (C=O) groups excluding carboxylic acids is 1. The van der Waals surface area contributed by atoms with Crippen LogP contribution in [0, 0.1) is 0 Å². The summed E-state index contributed by atoms with van der Waals surface area (Å²) in [6.45, 7) is 4.02. The number of hydrogen-bond donors (Lipinski definition) is 0. The minimum atomic E-state index is -0.194. The van der Waals surface area contributed by atoms with Crippen LogP contribution in [0.5, 0.6) is 0 Å². The standard InChI is InChI=1S/C11H16O2/c1-3-4-5-6-7-10-8-9(2)13-11(10)12/h6-9H,3-5H2,1-2H3/b7-6-. The zero-order valence-corrected chi connectivity index (χ0v) is 8.25. The lowest BCUT2D eigenvalue weighted by Crippen LogP contribution is -2.02. The van der Waals surface area contributed by atoms with Gasteiger partial charge >= 0.3 is 5.97 Å². The Morgan fingerprint density at radius 3 is 2.92 bits per heavy atom. The average molecular weight is 180 g/mol. The van der Waals surface area contributed by atoms with Gasteiger partial charge in [0.05, 0.1) is 5.57 Å². The summed E-state index contributed by atoms with van der Waals surface area (Å²) in [6.07, 6.45) is 9.09. The fourth-order valence-corrected chi connectivity index (χ4v) is 1.25. The molecule has 0 fully saturated rings. The Balaban J connectivity index is 2.40. The molecule has 72 valence electrons. The first-order chi connectivity index (χ1) is 6.24. The number of ether oxygens (including phenoxy) is 1. The number of allylic oxidation sites excluding steroid dienone is 1. The molecule has 0 aromatic rings. The van der Waals surface area contributed by atoms with Crippen LogP contribution in [0.4, 0.5) is 0 Å². The zero-order chi connectivity index (χ0) is 9.68. The summed E-state index contributed by atoms with van der Waals surface area (Å²) in [6, 6.07) is 0. The molecule has 0 saturated carbocycles. The molecule has 1 rings (SSSR count). The minimum absolute atomic E-state index is 0.0571. The van der Waals surface area contributed by atoms with E-state index in [0.29, 0.717) is 5.57 Å². The van der Waals surface area contributed by atoms with Crippen molar-refractivity contribution in [2.75, 3.05) is 0 Å². The first kappa shape index (κ1) is 10.0. The highest BCUT2D eigenvalue weighted by Gasteiger charge is 2.19. The lowest BCUT2D eigenvalue weighted by Gasteiger charge is -1.96. The van der Waals surface area contributed by atoms with Gasteiger partial charge in [-0.15, -0.1) is 0 Å². The van der Waals surface area contributed by atoms with Crippen LogP contribution >= 0.6 is 0 Å². The van der Waals surface area contributed by atoms with Gasteiger partial charge in [0, 0.05) is 0 Å². The van der Waals surface area contributed by atoms with E-state index < -0.39 is 0 Å². The normalized spacial score (nSPS) is 22.2. The summed E-state index contributed by atoms with van der Waals surface area (Å²) in [4.78, 5) is 11.1. The van der Waals surface area contributed by atoms with Gasteiger partial charge in [0.1, 0.15) is 6.10 Å². The highest BCUT2D eigenvalue weighted by Crippen LogP contribution is 2.14. The number of hydrogen-bond acceptors (Lipinski definition) is 2. The fraction of sp³-hybridized carbons (Fsp3) is 0.545. The van der Waals surface area contributed by atoms with Crippen molar-refractivity contribution in [1.82, 2.24) is 0 Å². The third kappa shape index (κ3) is 3.05. The zero-order valence-electron chi connectivity index (χ0n) is 8.25. The molecule has 1 heterocycles. The maximum Gasteiger partial charge on any atom is 0.338 e. The molecule has 0 radical (unpaired) electrons. The van der Waals surface area contributed by atoms with Crippen LogP contribution in [0.15, 0.2) is 23.8 Å². The van der Waals surface area contributed by atoms with Crippen LogP contribution in [-0.2, 0) is 9.53 Å². The maximum atomic E-state index is 11.1.